The smallest absolute Gasteiger partial charge is 0.270 e. The van der Waals surface area contributed by atoms with Gasteiger partial charge in [0.15, 0.2) is 6.17 Å². The fraction of sp³-hybridized carbons (Fsp3) is 0.286. The molecule has 8 heteroatoms. The van der Waals surface area contributed by atoms with Crippen LogP contribution in [0.2, 0.25) is 0 Å². The predicted molar refractivity (Wildman–Crippen MR) is 110 cm³/mol. The highest BCUT2D eigenvalue weighted by molar-refractivity contribution is 7.16. The van der Waals surface area contributed by atoms with Crippen LogP contribution in [0.4, 0.5) is 10.7 Å². The van der Waals surface area contributed by atoms with Gasteiger partial charge in [-0.3, -0.25) is 14.9 Å². The molecule has 7 nitrogen and oxygen atoms in total. The van der Waals surface area contributed by atoms with E-state index in [0.29, 0.717) is 23.0 Å². The van der Waals surface area contributed by atoms with E-state index in [4.69, 9.17) is 4.42 Å². The Kier molecular flexibility index (Phi) is 4.16. The van der Waals surface area contributed by atoms with Gasteiger partial charge in [-0.15, -0.1) is 11.3 Å². The molecule has 3 aromatic rings. The van der Waals surface area contributed by atoms with Crippen LogP contribution in [0.3, 0.4) is 0 Å². The van der Waals surface area contributed by atoms with Gasteiger partial charge in [-0.05, 0) is 42.9 Å². The van der Waals surface area contributed by atoms with E-state index >= 15 is 0 Å². The van der Waals surface area contributed by atoms with Crippen LogP contribution in [-0.2, 0) is 12.8 Å². The van der Waals surface area contributed by atoms with Crippen LogP contribution in [0.5, 0.6) is 0 Å². The summed E-state index contributed by atoms with van der Waals surface area (Å²) in [6, 6.07) is 9.85. The highest BCUT2D eigenvalue weighted by Gasteiger charge is 2.34. The molecule has 0 saturated carbocycles. The van der Waals surface area contributed by atoms with E-state index < -0.39 is 11.1 Å². The Hall–Kier alpha value is -3.13. The second-order valence-electron chi connectivity index (χ2n) is 7.62. The number of carbonyl (C=O) groups excluding carboxylic acids is 1. The number of furan rings is 1. The number of hydrogen-bond acceptors (Lipinski definition) is 6. The molecular formula is C21H19N3O4S. The summed E-state index contributed by atoms with van der Waals surface area (Å²) in [6.07, 6.45) is 2.60. The first-order valence-corrected chi connectivity index (χ1v) is 10.4. The van der Waals surface area contributed by atoms with Gasteiger partial charge in [-0.25, -0.2) is 0 Å². The number of fused-ring (bicyclic) bond motifs is 3. The molecule has 0 fully saturated rings. The van der Waals surface area contributed by atoms with Crippen molar-refractivity contribution in [2.45, 2.75) is 32.4 Å². The first kappa shape index (κ1) is 17.9. The van der Waals surface area contributed by atoms with Crippen LogP contribution in [0.25, 0.3) is 11.3 Å². The largest absolute Gasteiger partial charge is 0.457 e. The van der Waals surface area contributed by atoms with E-state index in [1.54, 1.807) is 35.6 Å². The number of nitrogens with one attached hydrogen (secondary N) is 2. The Morgan fingerprint density at radius 3 is 2.93 bits per heavy atom. The number of amides is 1. The van der Waals surface area contributed by atoms with Gasteiger partial charge in [0.05, 0.1) is 10.5 Å². The predicted octanol–water partition coefficient (Wildman–Crippen LogP) is 4.90. The number of nitro benzene ring substituents is 1. The lowest BCUT2D eigenvalue weighted by Crippen LogP contribution is -2.38. The minimum absolute atomic E-state index is 0.00702. The highest BCUT2D eigenvalue weighted by atomic mass is 32.1. The molecule has 2 aliphatic rings. The van der Waals surface area contributed by atoms with Gasteiger partial charge in [0, 0.05) is 22.6 Å². The molecule has 2 aromatic heterocycles. The molecule has 0 unspecified atom stereocenters. The van der Waals surface area contributed by atoms with Gasteiger partial charge >= 0.3 is 0 Å². The minimum atomic E-state index is -0.472. The van der Waals surface area contributed by atoms with Crippen LogP contribution < -0.4 is 10.6 Å². The van der Waals surface area contributed by atoms with Gasteiger partial charge in [0.1, 0.15) is 16.5 Å². The average Bonchev–Trinajstić information content (AvgIpc) is 3.32. The van der Waals surface area contributed by atoms with E-state index in [2.05, 4.69) is 17.6 Å². The highest BCUT2D eigenvalue weighted by Crippen LogP contribution is 2.43. The van der Waals surface area contributed by atoms with E-state index in [1.807, 2.05) is 0 Å². The molecule has 0 spiro atoms. The third-order valence-corrected chi connectivity index (χ3v) is 6.73. The second-order valence-corrected chi connectivity index (χ2v) is 8.72. The van der Waals surface area contributed by atoms with E-state index in [0.717, 1.165) is 29.8 Å². The molecular weight excluding hydrogens is 390 g/mol. The van der Waals surface area contributed by atoms with Crippen LogP contribution >= 0.6 is 11.3 Å². The molecule has 1 amide bonds. The molecule has 148 valence electrons. The van der Waals surface area contributed by atoms with Crippen LogP contribution in [-0.4, -0.2) is 10.8 Å². The Bertz CT molecular complexity index is 1130. The van der Waals surface area contributed by atoms with Gasteiger partial charge in [-0.2, -0.15) is 0 Å². The number of nitro groups is 1. The zero-order valence-electron chi connectivity index (χ0n) is 15.7. The van der Waals surface area contributed by atoms with Crippen molar-refractivity contribution in [2.75, 3.05) is 5.32 Å². The van der Waals surface area contributed by atoms with E-state index in [9.17, 15) is 14.9 Å². The fourth-order valence-electron chi connectivity index (χ4n) is 4.04. The number of nitrogens with zero attached hydrogens (tertiary/aromatic N) is 1. The van der Waals surface area contributed by atoms with E-state index in [1.165, 1.54) is 22.6 Å². The second kappa shape index (κ2) is 6.73. The molecule has 5 rings (SSSR count). The molecule has 2 N–H and O–H groups in total. The topological polar surface area (TPSA) is 97.4 Å². The third kappa shape index (κ3) is 3.09. The molecule has 0 saturated heterocycles. The summed E-state index contributed by atoms with van der Waals surface area (Å²) in [5, 5.41) is 18.3. The molecule has 0 bridgehead atoms. The summed E-state index contributed by atoms with van der Waals surface area (Å²) < 4.78 is 5.93. The normalized spacial score (nSPS) is 20.4. The Labute approximate surface area is 170 Å². The maximum absolute atomic E-state index is 12.8. The zero-order chi connectivity index (χ0) is 20.1. The molecule has 1 aliphatic heterocycles. The van der Waals surface area contributed by atoms with Crippen LogP contribution in [0, 0.1) is 16.0 Å². The fourth-order valence-corrected chi connectivity index (χ4v) is 5.48. The number of non-ortho nitro benzene ring substituents is 1. The molecule has 1 aliphatic carbocycles. The maximum Gasteiger partial charge on any atom is 0.270 e. The lowest BCUT2D eigenvalue weighted by molar-refractivity contribution is -0.384. The summed E-state index contributed by atoms with van der Waals surface area (Å²) in [5.41, 5.74) is 2.59. The molecule has 0 radical (unpaired) electrons. The summed E-state index contributed by atoms with van der Waals surface area (Å²) >= 11 is 1.66. The number of anilines is 1. The summed E-state index contributed by atoms with van der Waals surface area (Å²) in [6.45, 7) is 2.25. The average molecular weight is 409 g/mol. The number of thiophene rings is 1. The van der Waals surface area contributed by atoms with Crippen molar-refractivity contribution in [2.24, 2.45) is 5.92 Å². The Balaban J connectivity index is 1.43. The van der Waals surface area contributed by atoms with Crippen molar-refractivity contribution < 1.29 is 14.1 Å². The van der Waals surface area contributed by atoms with Crippen LogP contribution in [0.15, 0.2) is 40.8 Å². The summed E-state index contributed by atoms with van der Waals surface area (Å²) in [5.74, 6) is 1.64. The summed E-state index contributed by atoms with van der Waals surface area (Å²) in [4.78, 5) is 24.7. The van der Waals surface area contributed by atoms with Crippen molar-refractivity contribution in [3.8, 4) is 11.3 Å². The van der Waals surface area contributed by atoms with Gasteiger partial charge in [0.25, 0.3) is 11.6 Å². The lowest BCUT2D eigenvalue weighted by Gasteiger charge is -2.25. The Morgan fingerprint density at radius 1 is 1.24 bits per heavy atom. The standard InChI is InChI=1S/C21H19N3O4S/c1-11-5-6-14-17(9-11)29-21-18(14)20(25)22-19(23-21)16-8-7-15(28-16)12-3-2-4-13(10-12)24(26)27/h2-4,7-8,10-11,19,23H,5-6,9H2,1H3,(H,22,25)/t11-,19+/m0/s1. The van der Waals surface area contributed by atoms with Crippen molar-refractivity contribution in [1.82, 2.24) is 5.32 Å². The molecule has 1 aromatic carbocycles. The van der Waals surface area contributed by atoms with E-state index in [-0.39, 0.29) is 11.6 Å². The number of rotatable bonds is 3. The van der Waals surface area contributed by atoms with Crippen molar-refractivity contribution in [3.63, 3.8) is 0 Å². The summed E-state index contributed by atoms with van der Waals surface area (Å²) in [7, 11) is 0. The van der Waals surface area contributed by atoms with Gasteiger partial charge in [-0.1, -0.05) is 19.1 Å². The number of benzene rings is 1. The van der Waals surface area contributed by atoms with Crippen molar-refractivity contribution >= 4 is 27.9 Å². The number of carbonyl (C=O) groups is 1. The first-order valence-electron chi connectivity index (χ1n) is 9.56. The van der Waals surface area contributed by atoms with Gasteiger partial charge < -0.3 is 15.1 Å². The quantitative estimate of drug-likeness (QED) is 0.474. The first-order chi connectivity index (χ1) is 14.0. The van der Waals surface area contributed by atoms with Crippen LogP contribution in [0.1, 0.15) is 46.1 Å². The van der Waals surface area contributed by atoms with Crippen molar-refractivity contribution in [3.05, 3.63) is 68.3 Å². The minimum Gasteiger partial charge on any atom is -0.457 e. The molecule has 2 atom stereocenters. The van der Waals surface area contributed by atoms with Crippen molar-refractivity contribution in [1.29, 1.82) is 0 Å². The maximum atomic E-state index is 12.8. The molecule has 3 heterocycles. The SMILES string of the molecule is C[C@H]1CCc2c(sc3c2C(=O)N[C@@H](c2ccc(-c4cccc([N+](=O)[O-])c4)o2)N3)C1. The molecule has 29 heavy (non-hydrogen) atoms. The monoisotopic (exact) mass is 409 g/mol. The zero-order valence-corrected chi connectivity index (χ0v) is 16.5. The number of hydrogen-bond donors (Lipinski definition) is 2. The third-order valence-electron chi connectivity index (χ3n) is 5.54. The van der Waals surface area contributed by atoms with Gasteiger partial charge in [0.2, 0.25) is 0 Å². The Morgan fingerprint density at radius 2 is 2.10 bits per heavy atom. The lowest BCUT2D eigenvalue weighted by atomic mass is 9.88.